The van der Waals surface area contributed by atoms with E-state index < -0.39 is 47.1 Å². The van der Waals surface area contributed by atoms with Crippen LogP contribution in [0.2, 0.25) is 5.02 Å². The van der Waals surface area contributed by atoms with Crippen molar-refractivity contribution in [3.05, 3.63) is 119 Å². The zero-order valence-electron chi connectivity index (χ0n) is 41.1. The van der Waals surface area contributed by atoms with Gasteiger partial charge in [0.25, 0.3) is 25.8 Å². The standard InChI is InChI=1S/C53H65ClF3N7O6S3/c1-52(37-62-23-20-58-21-24-62)19-17-48(38-7-11-43(54)12-8-38)40(30-52)31-61-25-27-64(28-26-61)45-13-9-39(10-14-45)51(65)60-73(68,69)47-15-16-49(50(29-47)72(66,67)53(55,56)57)59-44(36-71-46-5-3-2-4-6-46)18-22-63-32-41-34-70-35-42(41)33-63/h2-16,29,41-42,44,58-59H,17-28,30-37H2,1H3,(H,60,65)/t41-,42+,44?,52?. The Labute approximate surface area is 437 Å². The summed E-state index contributed by atoms with van der Waals surface area (Å²) in [4.78, 5) is 22.0. The van der Waals surface area contributed by atoms with E-state index in [4.69, 9.17) is 16.3 Å². The van der Waals surface area contributed by atoms with Crippen molar-refractivity contribution >= 4 is 66.1 Å². The van der Waals surface area contributed by atoms with Gasteiger partial charge in [0.2, 0.25) is 0 Å². The fourth-order valence-corrected chi connectivity index (χ4v) is 14.2. The first kappa shape index (κ1) is 53.6. The number of carbonyl (C=O) groups excluding carboxylic acids is 1. The van der Waals surface area contributed by atoms with Crippen LogP contribution in [0.4, 0.5) is 24.5 Å². The molecule has 2 unspecified atom stereocenters. The summed E-state index contributed by atoms with van der Waals surface area (Å²) in [5, 5.41) is 7.23. The van der Waals surface area contributed by atoms with Gasteiger partial charge in [-0.2, -0.15) is 13.2 Å². The van der Waals surface area contributed by atoms with Crippen molar-refractivity contribution in [2.75, 3.05) is 114 Å². The molecule has 0 bridgehead atoms. The molecule has 4 saturated heterocycles. The van der Waals surface area contributed by atoms with Gasteiger partial charge in [0.05, 0.1) is 23.8 Å². The summed E-state index contributed by atoms with van der Waals surface area (Å²) in [6.45, 7) is 15.3. The zero-order chi connectivity index (χ0) is 51.4. The largest absolute Gasteiger partial charge is 0.501 e. The number of hydrogen-bond acceptors (Lipinski definition) is 13. The highest BCUT2D eigenvalue weighted by molar-refractivity contribution is 7.99. The van der Waals surface area contributed by atoms with E-state index in [1.165, 1.54) is 40.6 Å². The maximum atomic E-state index is 14.3. The van der Waals surface area contributed by atoms with Crippen molar-refractivity contribution in [1.29, 1.82) is 0 Å². The number of benzene rings is 4. The third kappa shape index (κ3) is 13.3. The summed E-state index contributed by atoms with van der Waals surface area (Å²) in [5.74, 6) is 0.210. The third-order valence-electron chi connectivity index (χ3n) is 15.1. The molecule has 4 atom stereocenters. The van der Waals surface area contributed by atoms with Crippen LogP contribution >= 0.6 is 23.4 Å². The molecule has 4 aliphatic heterocycles. The number of nitrogens with one attached hydrogen (secondary N) is 3. The van der Waals surface area contributed by atoms with E-state index in [2.05, 4.69) is 49.3 Å². The van der Waals surface area contributed by atoms with Crippen LogP contribution < -0.4 is 20.3 Å². The van der Waals surface area contributed by atoms with E-state index in [0.29, 0.717) is 49.8 Å². The lowest BCUT2D eigenvalue weighted by Crippen LogP contribution is -2.49. The Morgan fingerprint density at radius 1 is 0.863 bits per heavy atom. The maximum Gasteiger partial charge on any atom is 0.501 e. The Kier molecular flexibility index (Phi) is 16.9. The molecule has 0 saturated carbocycles. The number of likely N-dealkylation sites (tertiary alicyclic amines) is 1. The summed E-state index contributed by atoms with van der Waals surface area (Å²) in [6, 6.07) is 26.1. The second-order valence-electron chi connectivity index (χ2n) is 20.5. The number of amides is 1. The van der Waals surface area contributed by atoms with Crippen LogP contribution in [-0.4, -0.2) is 153 Å². The van der Waals surface area contributed by atoms with Crippen LogP contribution in [0.15, 0.2) is 117 Å². The van der Waals surface area contributed by atoms with E-state index in [1.807, 2.05) is 47.2 Å². The van der Waals surface area contributed by atoms with E-state index >= 15 is 0 Å². The molecule has 0 aromatic heterocycles. The first-order valence-electron chi connectivity index (χ1n) is 25.2. The SMILES string of the molecule is CC1(CN2CCNCC2)CCC(c2ccc(Cl)cc2)=C(CN2CCN(c3ccc(C(=O)NS(=O)(=O)c4ccc(NC(CCN5C[C@H]6COC[C@H]6C5)CSc5ccccc5)c(S(=O)(=O)C(F)(F)F)c4)cc3)CC2)C1. The van der Waals surface area contributed by atoms with Gasteiger partial charge in [-0.3, -0.25) is 9.69 Å². The molecular weight excluding hydrogens is 1020 g/mol. The van der Waals surface area contributed by atoms with Crippen LogP contribution in [0.3, 0.4) is 0 Å². The van der Waals surface area contributed by atoms with Gasteiger partial charge in [0, 0.05) is 130 Å². The number of sulfonamides is 1. The Bertz CT molecular complexity index is 2800. The summed E-state index contributed by atoms with van der Waals surface area (Å²) < 4.78 is 104. The zero-order valence-corrected chi connectivity index (χ0v) is 44.3. The molecule has 0 radical (unpaired) electrons. The molecule has 1 amide bonds. The third-order valence-corrected chi connectivity index (χ3v) is 19.4. The molecule has 20 heteroatoms. The number of alkyl halides is 3. The first-order valence-corrected chi connectivity index (χ1v) is 29.5. The van der Waals surface area contributed by atoms with Crippen molar-refractivity contribution < 1.29 is 39.5 Å². The average Bonchev–Trinajstić information content (AvgIpc) is 3.99. The van der Waals surface area contributed by atoms with Crippen LogP contribution in [0.1, 0.15) is 48.5 Å². The summed E-state index contributed by atoms with van der Waals surface area (Å²) in [6.07, 6.45) is 3.63. The highest BCUT2D eigenvalue weighted by atomic mass is 35.5. The van der Waals surface area contributed by atoms with Gasteiger partial charge >= 0.3 is 5.51 Å². The normalized spacial score (nSPS) is 23.1. The summed E-state index contributed by atoms with van der Waals surface area (Å²) in [5.41, 5.74) is -0.993. The van der Waals surface area contributed by atoms with Gasteiger partial charge in [-0.15, -0.1) is 11.8 Å². The number of hydrogen-bond donors (Lipinski definition) is 3. The van der Waals surface area contributed by atoms with Gasteiger partial charge in [-0.05, 0) is 109 Å². The number of sulfone groups is 1. The molecule has 1 aliphatic carbocycles. The predicted octanol–water partition coefficient (Wildman–Crippen LogP) is 7.96. The number of allylic oxidation sites excluding steroid dienone is 1. The number of halogens is 4. The Hall–Kier alpha value is -4.18. The van der Waals surface area contributed by atoms with E-state index in [1.54, 1.807) is 12.1 Å². The molecule has 0 spiro atoms. The number of carbonyl (C=O) groups is 1. The molecule has 4 aromatic rings. The van der Waals surface area contributed by atoms with Gasteiger partial charge in [-0.25, -0.2) is 21.6 Å². The maximum absolute atomic E-state index is 14.3. The molecule has 9 rings (SSSR count). The fraction of sp³-hybridized carbons (Fsp3) is 0.491. The summed E-state index contributed by atoms with van der Waals surface area (Å²) >= 11 is 7.76. The Balaban J connectivity index is 0.849. The molecule has 4 aromatic carbocycles. The lowest BCUT2D eigenvalue weighted by Gasteiger charge is -2.43. The second kappa shape index (κ2) is 23.0. The fourth-order valence-electron chi connectivity index (χ4n) is 11.1. The van der Waals surface area contributed by atoms with Gasteiger partial charge in [-0.1, -0.05) is 54.4 Å². The lowest BCUT2D eigenvalue weighted by molar-refractivity contribution is -0.0435. The van der Waals surface area contributed by atoms with Crippen molar-refractivity contribution in [2.24, 2.45) is 17.3 Å². The van der Waals surface area contributed by atoms with Crippen molar-refractivity contribution in [2.45, 2.75) is 58.8 Å². The van der Waals surface area contributed by atoms with Crippen LogP contribution in [0.5, 0.6) is 0 Å². The van der Waals surface area contributed by atoms with Crippen molar-refractivity contribution in [1.82, 2.24) is 24.7 Å². The minimum Gasteiger partial charge on any atom is -0.381 e. The predicted molar refractivity (Wildman–Crippen MR) is 283 cm³/mol. The molecule has 13 nitrogen and oxygen atoms in total. The second-order valence-corrected chi connectivity index (χ2v) is 25.6. The number of thioether (sulfide) groups is 1. The molecular formula is C53H65ClF3N7O6S3. The highest BCUT2D eigenvalue weighted by Crippen LogP contribution is 2.44. The number of fused-ring (bicyclic) bond motifs is 1. The van der Waals surface area contributed by atoms with E-state index in [-0.39, 0.29) is 16.7 Å². The number of ether oxygens (including phenoxy) is 1. The number of anilines is 2. The summed E-state index contributed by atoms with van der Waals surface area (Å²) in [7, 11) is -10.9. The Morgan fingerprint density at radius 2 is 1.55 bits per heavy atom. The number of rotatable bonds is 18. The quantitative estimate of drug-likeness (QED) is 0.0831. The minimum atomic E-state index is -6.06. The van der Waals surface area contributed by atoms with Gasteiger partial charge in [0.1, 0.15) is 4.90 Å². The van der Waals surface area contributed by atoms with Gasteiger partial charge in [0.15, 0.2) is 0 Å². The average molecular weight is 1080 g/mol. The van der Waals surface area contributed by atoms with Crippen LogP contribution in [0, 0.1) is 17.3 Å². The topological polar surface area (TPSA) is 144 Å². The van der Waals surface area contributed by atoms with E-state index in [9.17, 15) is 34.8 Å². The minimum absolute atomic E-state index is 0.00290. The molecule has 394 valence electrons. The molecule has 3 N–H and O–H groups in total. The number of piperazine rings is 2. The molecule has 73 heavy (non-hydrogen) atoms. The van der Waals surface area contributed by atoms with Crippen LogP contribution in [-0.2, 0) is 24.6 Å². The lowest BCUT2D eigenvalue weighted by atomic mass is 9.71. The molecule has 5 aliphatic rings. The Morgan fingerprint density at radius 3 is 2.22 bits per heavy atom. The highest BCUT2D eigenvalue weighted by Gasteiger charge is 2.49. The number of nitrogens with zero attached hydrogens (tertiary/aromatic N) is 4. The van der Waals surface area contributed by atoms with Crippen LogP contribution in [0.25, 0.3) is 5.57 Å². The smallest absolute Gasteiger partial charge is 0.381 e. The first-order chi connectivity index (χ1) is 34.9. The monoisotopic (exact) mass is 1080 g/mol. The van der Waals surface area contributed by atoms with E-state index in [0.717, 1.165) is 126 Å². The molecule has 4 heterocycles. The van der Waals surface area contributed by atoms with Crippen molar-refractivity contribution in [3.8, 4) is 0 Å². The van der Waals surface area contributed by atoms with Crippen molar-refractivity contribution in [3.63, 3.8) is 0 Å². The van der Waals surface area contributed by atoms with Gasteiger partial charge < -0.3 is 30.1 Å². The molecule has 4 fully saturated rings.